The summed E-state index contributed by atoms with van der Waals surface area (Å²) in [5.74, 6) is -0.272. The Bertz CT molecular complexity index is 1260. The molecule has 2 aromatic carbocycles. The van der Waals surface area contributed by atoms with Gasteiger partial charge in [-0.1, -0.05) is 41.4 Å². The minimum Gasteiger partial charge on any atom is -0.330 e. The molecule has 0 aliphatic carbocycles. The zero-order valence-electron chi connectivity index (χ0n) is 17.7. The van der Waals surface area contributed by atoms with Gasteiger partial charge in [-0.25, -0.2) is 8.42 Å². The number of fused-ring (bicyclic) bond motifs is 1. The van der Waals surface area contributed by atoms with Crippen molar-refractivity contribution < 1.29 is 13.2 Å². The highest BCUT2D eigenvalue weighted by Crippen LogP contribution is 2.38. The van der Waals surface area contributed by atoms with Crippen molar-refractivity contribution in [2.24, 2.45) is 0 Å². The Kier molecular flexibility index (Phi) is 7.26. The Morgan fingerprint density at radius 3 is 2.36 bits per heavy atom. The number of rotatable bonds is 7. The van der Waals surface area contributed by atoms with Crippen molar-refractivity contribution in [2.45, 2.75) is 17.4 Å². The van der Waals surface area contributed by atoms with Crippen molar-refractivity contribution in [2.75, 3.05) is 19.6 Å². The van der Waals surface area contributed by atoms with Crippen LogP contribution in [-0.2, 0) is 21.2 Å². The Balaban J connectivity index is 1.65. The molecule has 0 spiro atoms. The van der Waals surface area contributed by atoms with Crippen LogP contribution in [-0.4, -0.2) is 43.2 Å². The van der Waals surface area contributed by atoms with Crippen LogP contribution in [0.25, 0.3) is 0 Å². The first kappa shape index (κ1) is 24.0. The highest BCUT2D eigenvalue weighted by molar-refractivity contribution is 7.89. The monoisotopic (exact) mass is 520 g/mol. The van der Waals surface area contributed by atoms with E-state index < -0.39 is 10.0 Å². The minimum atomic E-state index is -3.91. The molecule has 3 aromatic rings. The van der Waals surface area contributed by atoms with Gasteiger partial charge in [0.25, 0.3) is 0 Å². The number of benzene rings is 2. The van der Waals surface area contributed by atoms with E-state index in [0.717, 1.165) is 21.9 Å². The van der Waals surface area contributed by atoms with E-state index in [0.29, 0.717) is 16.6 Å². The maximum absolute atomic E-state index is 13.5. The minimum absolute atomic E-state index is 0.0137. The largest absolute Gasteiger partial charge is 0.330 e. The maximum Gasteiger partial charge on any atom is 0.243 e. The van der Waals surface area contributed by atoms with Crippen molar-refractivity contribution in [3.63, 3.8) is 0 Å². The molecule has 4 rings (SSSR count). The van der Waals surface area contributed by atoms with E-state index in [9.17, 15) is 13.2 Å². The van der Waals surface area contributed by atoms with Gasteiger partial charge in [-0.2, -0.15) is 4.31 Å². The Morgan fingerprint density at radius 1 is 1.09 bits per heavy atom. The Morgan fingerprint density at radius 2 is 1.73 bits per heavy atom. The van der Waals surface area contributed by atoms with Gasteiger partial charge in [-0.3, -0.25) is 4.79 Å². The molecule has 0 radical (unpaired) electrons. The number of nitrogens with zero attached hydrogens (tertiary/aromatic N) is 2. The Hall–Kier alpha value is -2.16. The fraction of sp³-hybridized carbons (Fsp3) is 0.208. The van der Waals surface area contributed by atoms with Gasteiger partial charge in [0.05, 0.1) is 17.5 Å². The molecule has 1 aromatic heterocycles. The summed E-state index contributed by atoms with van der Waals surface area (Å²) >= 11 is 13.7. The molecule has 1 atom stereocenters. The summed E-state index contributed by atoms with van der Waals surface area (Å²) in [6, 6.07) is 15.1. The second kappa shape index (κ2) is 9.99. The van der Waals surface area contributed by atoms with E-state index in [4.69, 9.17) is 23.2 Å². The van der Waals surface area contributed by atoms with E-state index >= 15 is 0 Å². The molecule has 5 nitrogen and oxygen atoms in total. The lowest BCUT2D eigenvalue weighted by Crippen LogP contribution is -2.46. The normalized spacial score (nSPS) is 16.0. The SMILES string of the molecule is C=CCN(CC(=O)N1CCc2sccc2C1c1ccc(Cl)cc1)S(=O)(=O)c1ccc(Cl)cc1. The fourth-order valence-electron chi connectivity index (χ4n) is 3.98. The van der Waals surface area contributed by atoms with Crippen LogP contribution in [0.3, 0.4) is 0 Å². The van der Waals surface area contributed by atoms with Gasteiger partial charge in [-0.15, -0.1) is 17.9 Å². The molecule has 0 saturated heterocycles. The van der Waals surface area contributed by atoms with Crippen LogP contribution in [0.15, 0.2) is 77.5 Å². The average Bonchev–Trinajstić information content (AvgIpc) is 3.28. The molecule has 1 unspecified atom stereocenters. The van der Waals surface area contributed by atoms with Gasteiger partial charge < -0.3 is 4.90 Å². The first-order valence-electron chi connectivity index (χ1n) is 10.3. The van der Waals surface area contributed by atoms with E-state index in [1.54, 1.807) is 28.4 Å². The zero-order valence-corrected chi connectivity index (χ0v) is 20.8. The van der Waals surface area contributed by atoms with Crippen molar-refractivity contribution in [3.05, 3.63) is 98.7 Å². The second-order valence-electron chi connectivity index (χ2n) is 7.63. The van der Waals surface area contributed by atoms with E-state index in [1.807, 2.05) is 23.6 Å². The van der Waals surface area contributed by atoms with Crippen LogP contribution in [0, 0.1) is 0 Å². The molecular weight excluding hydrogens is 499 g/mol. The predicted octanol–water partition coefficient (Wildman–Crippen LogP) is 5.41. The number of amides is 1. The van der Waals surface area contributed by atoms with E-state index in [2.05, 4.69) is 6.58 Å². The smallest absolute Gasteiger partial charge is 0.243 e. The molecule has 1 aliphatic heterocycles. The topological polar surface area (TPSA) is 57.7 Å². The third kappa shape index (κ3) is 5.03. The third-order valence-electron chi connectivity index (χ3n) is 5.57. The second-order valence-corrected chi connectivity index (χ2v) is 11.4. The van der Waals surface area contributed by atoms with Crippen molar-refractivity contribution in [3.8, 4) is 0 Å². The van der Waals surface area contributed by atoms with Crippen LogP contribution >= 0.6 is 34.5 Å². The van der Waals surface area contributed by atoms with Crippen LogP contribution in [0.5, 0.6) is 0 Å². The molecule has 9 heteroatoms. The molecule has 1 aliphatic rings. The van der Waals surface area contributed by atoms with Crippen LogP contribution in [0.4, 0.5) is 0 Å². The van der Waals surface area contributed by atoms with Gasteiger partial charge in [0.15, 0.2) is 0 Å². The van der Waals surface area contributed by atoms with E-state index in [-0.39, 0.29) is 29.9 Å². The first-order valence-corrected chi connectivity index (χ1v) is 13.4. The number of halogens is 2. The van der Waals surface area contributed by atoms with Crippen LogP contribution in [0.2, 0.25) is 10.0 Å². The molecule has 0 saturated carbocycles. The number of hydrogen-bond acceptors (Lipinski definition) is 4. The summed E-state index contributed by atoms with van der Waals surface area (Å²) in [5.41, 5.74) is 2.00. The van der Waals surface area contributed by atoms with Gasteiger partial charge in [-0.05, 0) is 65.4 Å². The maximum atomic E-state index is 13.5. The number of hydrogen-bond donors (Lipinski definition) is 0. The summed E-state index contributed by atoms with van der Waals surface area (Å²) in [6.07, 6.45) is 2.21. The molecular formula is C24H22Cl2N2O3S2. The van der Waals surface area contributed by atoms with Crippen molar-refractivity contribution in [1.29, 1.82) is 0 Å². The van der Waals surface area contributed by atoms with Gasteiger partial charge in [0.2, 0.25) is 15.9 Å². The van der Waals surface area contributed by atoms with Crippen LogP contribution < -0.4 is 0 Å². The van der Waals surface area contributed by atoms with E-state index in [1.165, 1.54) is 35.2 Å². The van der Waals surface area contributed by atoms with Crippen molar-refractivity contribution in [1.82, 2.24) is 9.21 Å². The predicted molar refractivity (Wildman–Crippen MR) is 133 cm³/mol. The molecule has 172 valence electrons. The lowest BCUT2D eigenvalue weighted by Gasteiger charge is -2.37. The molecule has 0 bridgehead atoms. The summed E-state index contributed by atoms with van der Waals surface area (Å²) in [5, 5.41) is 3.08. The number of carbonyl (C=O) groups is 1. The third-order valence-corrected chi connectivity index (χ3v) is 8.89. The molecule has 2 heterocycles. The molecule has 1 amide bonds. The van der Waals surface area contributed by atoms with Crippen molar-refractivity contribution >= 4 is 50.5 Å². The molecule has 0 N–H and O–H groups in total. The highest BCUT2D eigenvalue weighted by Gasteiger charge is 2.35. The zero-order chi connectivity index (χ0) is 23.6. The quantitative estimate of drug-likeness (QED) is 0.391. The number of sulfonamides is 1. The molecule has 33 heavy (non-hydrogen) atoms. The lowest BCUT2D eigenvalue weighted by atomic mass is 9.93. The van der Waals surface area contributed by atoms with Gasteiger partial charge in [0, 0.05) is 28.0 Å². The Labute approximate surface area is 207 Å². The highest BCUT2D eigenvalue weighted by atomic mass is 35.5. The van der Waals surface area contributed by atoms with Crippen LogP contribution in [0.1, 0.15) is 22.0 Å². The number of carbonyl (C=O) groups excluding carboxylic acids is 1. The summed E-state index contributed by atoms with van der Waals surface area (Å²) in [4.78, 5) is 16.6. The lowest BCUT2D eigenvalue weighted by molar-refractivity contribution is -0.133. The summed E-state index contributed by atoms with van der Waals surface area (Å²) < 4.78 is 27.6. The molecule has 0 fully saturated rings. The average molecular weight is 521 g/mol. The number of thiophene rings is 1. The summed E-state index contributed by atoms with van der Waals surface area (Å²) in [6.45, 7) is 3.90. The van der Waals surface area contributed by atoms with Gasteiger partial charge in [0.1, 0.15) is 0 Å². The summed E-state index contributed by atoms with van der Waals surface area (Å²) in [7, 11) is -3.91. The standard InChI is InChI=1S/C24H22Cl2N2O3S2/c1-2-13-27(33(30,31)20-9-7-19(26)8-10-20)16-23(29)28-14-11-22-21(12-15-32-22)24(28)17-3-5-18(25)6-4-17/h2-10,12,15,24H,1,11,13-14,16H2. The first-order chi connectivity index (χ1) is 15.8. The fourth-order valence-corrected chi connectivity index (χ4v) is 6.49. The van der Waals surface area contributed by atoms with Gasteiger partial charge >= 0.3 is 0 Å².